The van der Waals surface area contributed by atoms with Crippen LogP contribution in [0.1, 0.15) is 42.9 Å². The van der Waals surface area contributed by atoms with Gasteiger partial charge in [-0.05, 0) is 75.5 Å². The van der Waals surface area contributed by atoms with Crippen molar-refractivity contribution in [2.75, 3.05) is 20.1 Å². The Balaban J connectivity index is 1.71. The van der Waals surface area contributed by atoms with Gasteiger partial charge >= 0.3 is 0 Å². The van der Waals surface area contributed by atoms with Crippen molar-refractivity contribution in [2.45, 2.75) is 44.2 Å². The van der Waals surface area contributed by atoms with E-state index in [0.29, 0.717) is 17.8 Å². The van der Waals surface area contributed by atoms with E-state index in [9.17, 15) is 5.11 Å². The maximum absolute atomic E-state index is 9.71. The predicted molar refractivity (Wildman–Crippen MR) is 77.4 cm³/mol. The first-order valence-electron chi connectivity index (χ1n) is 7.49. The van der Waals surface area contributed by atoms with Gasteiger partial charge in [-0.15, -0.1) is 0 Å². The van der Waals surface area contributed by atoms with E-state index in [1.165, 1.54) is 49.9 Å². The Labute approximate surface area is 115 Å². The Hall–Kier alpha value is -1.06. The average Bonchev–Trinajstić information content (AvgIpc) is 2.42. The van der Waals surface area contributed by atoms with E-state index in [4.69, 9.17) is 0 Å². The van der Waals surface area contributed by atoms with Crippen LogP contribution in [0.5, 0.6) is 5.75 Å². The highest BCUT2D eigenvalue weighted by Gasteiger charge is 2.24. The zero-order valence-electron chi connectivity index (χ0n) is 11.7. The lowest BCUT2D eigenvalue weighted by Gasteiger charge is -2.35. The number of benzene rings is 1. The minimum Gasteiger partial charge on any atom is -0.508 e. The predicted octanol–water partition coefficient (Wildman–Crippen LogP) is 2.45. The van der Waals surface area contributed by atoms with Crippen molar-refractivity contribution in [3.8, 4) is 5.75 Å². The van der Waals surface area contributed by atoms with E-state index in [1.807, 2.05) is 12.1 Å². The first-order chi connectivity index (χ1) is 9.22. The van der Waals surface area contributed by atoms with Crippen LogP contribution in [0, 0.1) is 0 Å². The van der Waals surface area contributed by atoms with Gasteiger partial charge < -0.3 is 15.3 Å². The molecule has 2 N–H and O–H groups in total. The number of hydrogen-bond acceptors (Lipinski definition) is 3. The van der Waals surface area contributed by atoms with Gasteiger partial charge in [0.05, 0.1) is 0 Å². The van der Waals surface area contributed by atoms with E-state index < -0.39 is 0 Å². The second kappa shape index (κ2) is 5.51. The van der Waals surface area contributed by atoms with E-state index >= 15 is 0 Å². The second-order valence-corrected chi connectivity index (χ2v) is 6.07. The zero-order valence-corrected chi connectivity index (χ0v) is 11.7. The number of hydrogen-bond donors (Lipinski definition) is 2. The Kier molecular flexibility index (Phi) is 3.76. The average molecular weight is 260 g/mol. The van der Waals surface area contributed by atoms with Crippen molar-refractivity contribution in [2.24, 2.45) is 0 Å². The van der Waals surface area contributed by atoms with Gasteiger partial charge in [-0.2, -0.15) is 0 Å². The molecule has 1 unspecified atom stereocenters. The number of phenols is 1. The fourth-order valence-electron chi connectivity index (χ4n) is 3.42. The van der Waals surface area contributed by atoms with Crippen molar-refractivity contribution in [1.29, 1.82) is 0 Å². The molecule has 1 saturated heterocycles. The lowest BCUT2D eigenvalue weighted by Crippen LogP contribution is -2.42. The van der Waals surface area contributed by atoms with Gasteiger partial charge in [-0.3, -0.25) is 0 Å². The molecule has 0 spiro atoms. The number of nitrogens with zero attached hydrogens (tertiary/aromatic N) is 1. The molecule has 3 rings (SSSR count). The summed E-state index contributed by atoms with van der Waals surface area (Å²) in [5, 5.41) is 13.5. The van der Waals surface area contributed by atoms with Gasteiger partial charge in [0.1, 0.15) is 5.75 Å². The number of phenolic OH excluding ortho intramolecular Hbond substituents is 1. The molecule has 1 aliphatic carbocycles. The molecule has 1 aromatic carbocycles. The molecule has 19 heavy (non-hydrogen) atoms. The van der Waals surface area contributed by atoms with Crippen LogP contribution in [-0.2, 0) is 6.42 Å². The maximum Gasteiger partial charge on any atom is 0.115 e. The van der Waals surface area contributed by atoms with Crippen LogP contribution in [0.4, 0.5) is 0 Å². The van der Waals surface area contributed by atoms with Crippen LogP contribution in [0.15, 0.2) is 18.2 Å². The highest BCUT2D eigenvalue weighted by molar-refractivity contribution is 5.38. The first-order valence-corrected chi connectivity index (χ1v) is 7.49. The van der Waals surface area contributed by atoms with Crippen LogP contribution >= 0.6 is 0 Å². The summed E-state index contributed by atoms with van der Waals surface area (Å²) in [4.78, 5) is 2.40. The maximum atomic E-state index is 9.71. The Morgan fingerprint density at radius 2 is 2.00 bits per heavy atom. The number of rotatable bonds is 2. The van der Waals surface area contributed by atoms with Crippen LogP contribution in [-0.4, -0.2) is 36.2 Å². The van der Waals surface area contributed by atoms with Gasteiger partial charge in [-0.1, -0.05) is 6.07 Å². The van der Waals surface area contributed by atoms with Crippen molar-refractivity contribution >= 4 is 0 Å². The molecule has 3 nitrogen and oxygen atoms in total. The summed E-state index contributed by atoms with van der Waals surface area (Å²) >= 11 is 0. The number of fused-ring (bicyclic) bond motifs is 1. The van der Waals surface area contributed by atoms with Gasteiger partial charge in [0, 0.05) is 12.1 Å². The van der Waals surface area contributed by atoms with Gasteiger partial charge in [0.2, 0.25) is 0 Å². The standard InChI is InChI=1S/C16H24N2O/c1-18-9-7-13(8-10-18)17-16-4-2-3-12-5-6-14(19)11-15(12)16/h5-6,11,13,16-17,19H,2-4,7-10H2,1H3. The summed E-state index contributed by atoms with van der Waals surface area (Å²) in [6.45, 7) is 2.38. The number of aryl methyl sites for hydroxylation is 1. The van der Waals surface area contributed by atoms with E-state index in [2.05, 4.69) is 23.3 Å². The van der Waals surface area contributed by atoms with E-state index in [1.54, 1.807) is 0 Å². The molecular weight excluding hydrogens is 236 g/mol. The minimum absolute atomic E-state index is 0.399. The number of aromatic hydroxyl groups is 1. The van der Waals surface area contributed by atoms with Crippen LogP contribution in [0.2, 0.25) is 0 Å². The normalized spacial score (nSPS) is 25.2. The third kappa shape index (κ3) is 2.93. The molecule has 1 atom stereocenters. The van der Waals surface area contributed by atoms with E-state index in [-0.39, 0.29) is 0 Å². The van der Waals surface area contributed by atoms with Crippen LogP contribution < -0.4 is 5.32 Å². The summed E-state index contributed by atoms with van der Waals surface area (Å²) in [5.74, 6) is 0.399. The van der Waals surface area contributed by atoms with Crippen molar-refractivity contribution < 1.29 is 5.11 Å². The lowest BCUT2D eigenvalue weighted by atomic mass is 9.86. The molecule has 1 aliphatic heterocycles. The summed E-state index contributed by atoms with van der Waals surface area (Å²) in [5.41, 5.74) is 2.74. The Bertz CT molecular complexity index is 438. The summed E-state index contributed by atoms with van der Waals surface area (Å²) in [6.07, 6.45) is 6.08. The third-order valence-electron chi connectivity index (χ3n) is 4.60. The third-order valence-corrected chi connectivity index (χ3v) is 4.60. The lowest BCUT2D eigenvalue weighted by molar-refractivity contribution is 0.220. The van der Waals surface area contributed by atoms with Gasteiger partial charge in [0.15, 0.2) is 0 Å². The van der Waals surface area contributed by atoms with Gasteiger partial charge in [-0.25, -0.2) is 0 Å². The number of nitrogens with one attached hydrogen (secondary N) is 1. The molecule has 104 valence electrons. The zero-order chi connectivity index (χ0) is 13.2. The Morgan fingerprint density at radius 3 is 2.79 bits per heavy atom. The van der Waals surface area contributed by atoms with Gasteiger partial charge in [0.25, 0.3) is 0 Å². The highest BCUT2D eigenvalue weighted by Crippen LogP contribution is 2.33. The quantitative estimate of drug-likeness (QED) is 0.857. The smallest absolute Gasteiger partial charge is 0.115 e. The van der Waals surface area contributed by atoms with E-state index in [0.717, 1.165) is 6.42 Å². The molecule has 1 fully saturated rings. The molecule has 0 aromatic heterocycles. The molecule has 0 amide bonds. The molecule has 3 heteroatoms. The molecule has 0 bridgehead atoms. The topological polar surface area (TPSA) is 35.5 Å². The minimum atomic E-state index is 0.399. The monoisotopic (exact) mass is 260 g/mol. The number of likely N-dealkylation sites (tertiary alicyclic amines) is 1. The summed E-state index contributed by atoms with van der Waals surface area (Å²) < 4.78 is 0. The Morgan fingerprint density at radius 1 is 1.21 bits per heavy atom. The first kappa shape index (κ1) is 12.9. The molecule has 0 saturated carbocycles. The molecule has 1 heterocycles. The fraction of sp³-hybridized carbons (Fsp3) is 0.625. The molecule has 0 radical (unpaired) electrons. The highest BCUT2D eigenvalue weighted by atomic mass is 16.3. The summed E-state index contributed by atoms with van der Waals surface area (Å²) in [6, 6.07) is 6.93. The van der Waals surface area contributed by atoms with Crippen molar-refractivity contribution in [1.82, 2.24) is 10.2 Å². The van der Waals surface area contributed by atoms with Crippen molar-refractivity contribution in [3.05, 3.63) is 29.3 Å². The molecule has 1 aromatic rings. The molecular formula is C16H24N2O. The van der Waals surface area contributed by atoms with Crippen LogP contribution in [0.25, 0.3) is 0 Å². The summed E-state index contributed by atoms with van der Waals surface area (Å²) in [7, 11) is 2.20. The number of piperidine rings is 1. The van der Waals surface area contributed by atoms with Crippen LogP contribution in [0.3, 0.4) is 0 Å². The largest absolute Gasteiger partial charge is 0.508 e. The van der Waals surface area contributed by atoms with Crippen molar-refractivity contribution in [3.63, 3.8) is 0 Å². The molecule has 2 aliphatic rings. The second-order valence-electron chi connectivity index (χ2n) is 6.07. The fourth-order valence-corrected chi connectivity index (χ4v) is 3.42. The SMILES string of the molecule is CN1CCC(NC2CCCc3ccc(O)cc32)CC1.